The number of benzene rings is 1. The summed E-state index contributed by atoms with van der Waals surface area (Å²) in [4.78, 5) is 5.12. The average molecular weight is 395 g/mol. The zero-order chi connectivity index (χ0) is 19.1. The summed E-state index contributed by atoms with van der Waals surface area (Å²) in [5, 5.41) is 5.43. The largest absolute Gasteiger partial charge is 0.497 e. The first kappa shape index (κ1) is 18.7. The molecule has 1 N–H and O–H groups in total. The lowest BCUT2D eigenvalue weighted by molar-refractivity contribution is 0.415. The van der Waals surface area contributed by atoms with Crippen molar-refractivity contribution in [1.82, 2.24) is 14.6 Å². The molecule has 0 aliphatic rings. The molecule has 0 aliphatic heterocycles. The fraction of sp³-hybridized carbons (Fsp3) is 0.412. The molecule has 26 heavy (non-hydrogen) atoms. The van der Waals surface area contributed by atoms with Gasteiger partial charge in [-0.3, -0.25) is 4.72 Å². The molecule has 0 saturated carbocycles. The summed E-state index contributed by atoms with van der Waals surface area (Å²) in [6.45, 7) is 7.88. The van der Waals surface area contributed by atoms with E-state index in [1.165, 1.54) is 15.9 Å². The standard InChI is InChI=1S/C17H22N4O3S2/c1-10(2)14-16(21-17(18-14)25-15(19-21)11(3)4)26(22,23)20-12-6-8-13(24-5)9-7-12/h6-11,20H,1-5H3. The van der Waals surface area contributed by atoms with Gasteiger partial charge >= 0.3 is 0 Å². The van der Waals surface area contributed by atoms with Crippen molar-refractivity contribution >= 4 is 32.0 Å². The van der Waals surface area contributed by atoms with E-state index in [-0.39, 0.29) is 16.9 Å². The van der Waals surface area contributed by atoms with Gasteiger partial charge in [0.2, 0.25) is 9.99 Å². The van der Waals surface area contributed by atoms with Gasteiger partial charge in [0.05, 0.1) is 12.8 Å². The lowest BCUT2D eigenvalue weighted by atomic mass is 10.2. The molecule has 0 saturated heterocycles. The Bertz CT molecular complexity index is 1020. The molecule has 0 atom stereocenters. The van der Waals surface area contributed by atoms with Gasteiger partial charge in [0, 0.05) is 11.6 Å². The van der Waals surface area contributed by atoms with Crippen LogP contribution < -0.4 is 9.46 Å². The molecule has 3 aromatic rings. The molecule has 3 rings (SSSR count). The van der Waals surface area contributed by atoms with Crippen LogP contribution in [-0.4, -0.2) is 30.1 Å². The van der Waals surface area contributed by atoms with Crippen LogP contribution in [0.25, 0.3) is 4.96 Å². The highest BCUT2D eigenvalue weighted by Crippen LogP contribution is 2.31. The van der Waals surface area contributed by atoms with Crippen molar-refractivity contribution in [2.24, 2.45) is 0 Å². The number of aromatic nitrogens is 3. The van der Waals surface area contributed by atoms with Crippen molar-refractivity contribution in [3.05, 3.63) is 35.0 Å². The first-order valence-corrected chi connectivity index (χ1v) is 10.6. The summed E-state index contributed by atoms with van der Waals surface area (Å²) in [6, 6.07) is 6.72. The number of nitrogens with one attached hydrogen (secondary N) is 1. The molecule has 140 valence electrons. The van der Waals surface area contributed by atoms with Crippen molar-refractivity contribution in [1.29, 1.82) is 0 Å². The summed E-state index contributed by atoms with van der Waals surface area (Å²) >= 11 is 1.42. The van der Waals surface area contributed by atoms with E-state index in [2.05, 4.69) is 14.8 Å². The monoisotopic (exact) mass is 394 g/mol. The van der Waals surface area contributed by atoms with Gasteiger partial charge in [0.15, 0.2) is 0 Å². The maximum absolute atomic E-state index is 13.1. The van der Waals surface area contributed by atoms with Crippen molar-refractivity contribution in [3.63, 3.8) is 0 Å². The van der Waals surface area contributed by atoms with E-state index in [4.69, 9.17) is 4.74 Å². The smallest absolute Gasteiger partial charge is 0.281 e. The Morgan fingerprint density at radius 1 is 1.12 bits per heavy atom. The van der Waals surface area contributed by atoms with E-state index < -0.39 is 10.0 Å². The number of rotatable bonds is 6. The second kappa shape index (κ2) is 6.88. The second-order valence-corrected chi connectivity index (χ2v) is 9.17. The van der Waals surface area contributed by atoms with E-state index in [1.54, 1.807) is 31.4 Å². The molecule has 0 spiro atoms. The first-order valence-electron chi connectivity index (χ1n) is 8.29. The van der Waals surface area contributed by atoms with Crippen molar-refractivity contribution in [2.45, 2.75) is 44.6 Å². The molecule has 9 heteroatoms. The van der Waals surface area contributed by atoms with E-state index in [9.17, 15) is 8.42 Å². The molecular weight excluding hydrogens is 372 g/mol. The maximum atomic E-state index is 13.1. The number of fused-ring (bicyclic) bond motifs is 1. The Hall–Kier alpha value is -2.13. The number of hydrogen-bond acceptors (Lipinski definition) is 6. The third kappa shape index (κ3) is 3.41. The Kier molecular flexibility index (Phi) is 4.94. The number of hydrogen-bond donors (Lipinski definition) is 1. The normalized spacial score (nSPS) is 12.3. The van der Waals surface area contributed by atoms with Gasteiger partial charge in [-0.15, -0.1) is 0 Å². The number of anilines is 1. The van der Waals surface area contributed by atoms with Gasteiger partial charge in [-0.25, -0.2) is 4.98 Å². The molecule has 0 unspecified atom stereocenters. The molecule has 2 aromatic heterocycles. The molecule has 0 fully saturated rings. The van der Waals surface area contributed by atoms with Gasteiger partial charge in [0.25, 0.3) is 10.0 Å². The summed E-state index contributed by atoms with van der Waals surface area (Å²) in [6.07, 6.45) is 0. The molecule has 0 bridgehead atoms. The summed E-state index contributed by atoms with van der Waals surface area (Å²) in [5.41, 5.74) is 0.967. The van der Waals surface area contributed by atoms with E-state index in [1.807, 2.05) is 27.7 Å². The van der Waals surface area contributed by atoms with Crippen LogP contribution in [0, 0.1) is 0 Å². The van der Waals surface area contributed by atoms with Crippen LogP contribution in [0.3, 0.4) is 0 Å². The van der Waals surface area contributed by atoms with Crippen LogP contribution >= 0.6 is 11.3 Å². The van der Waals surface area contributed by atoms with Crippen LogP contribution in [0.5, 0.6) is 5.75 Å². The topological polar surface area (TPSA) is 85.6 Å². The highest BCUT2D eigenvalue weighted by atomic mass is 32.2. The van der Waals surface area contributed by atoms with Gasteiger partial charge in [-0.05, 0) is 30.2 Å². The highest BCUT2D eigenvalue weighted by molar-refractivity contribution is 7.92. The van der Waals surface area contributed by atoms with Crippen molar-refractivity contribution < 1.29 is 13.2 Å². The second-order valence-electron chi connectivity index (χ2n) is 6.58. The minimum Gasteiger partial charge on any atom is -0.497 e. The predicted octanol–water partition coefficient (Wildman–Crippen LogP) is 3.85. The minimum absolute atomic E-state index is 0.0474. The lowest BCUT2D eigenvalue weighted by Gasteiger charge is -2.10. The zero-order valence-electron chi connectivity index (χ0n) is 15.3. The number of sulfonamides is 1. The third-order valence-electron chi connectivity index (χ3n) is 3.84. The number of imidazole rings is 1. The molecule has 7 nitrogen and oxygen atoms in total. The fourth-order valence-electron chi connectivity index (χ4n) is 2.48. The fourth-order valence-corrected chi connectivity index (χ4v) is 4.90. The Balaban J connectivity index is 2.09. The molecule has 0 radical (unpaired) electrons. The van der Waals surface area contributed by atoms with Gasteiger partial charge < -0.3 is 4.74 Å². The maximum Gasteiger partial charge on any atom is 0.281 e. The van der Waals surface area contributed by atoms with Crippen molar-refractivity contribution in [3.8, 4) is 5.75 Å². The van der Waals surface area contributed by atoms with Crippen LogP contribution in [0.2, 0.25) is 0 Å². The minimum atomic E-state index is -3.85. The first-order chi connectivity index (χ1) is 12.2. The molecule has 0 aliphatic carbocycles. The van der Waals surface area contributed by atoms with Crippen LogP contribution in [-0.2, 0) is 10.0 Å². The summed E-state index contributed by atoms with van der Waals surface area (Å²) < 4.78 is 35.4. The molecule has 1 aromatic carbocycles. The molecule has 0 amide bonds. The highest BCUT2D eigenvalue weighted by Gasteiger charge is 2.29. The zero-order valence-corrected chi connectivity index (χ0v) is 17.0. The molecule has 2 heterocycles. The van der Waals surface area contributed by atoms with Gasteiger partial charge in [-0.2, -0.15) is 18.0 Å². The number of nitrogens with zero attached hydrogens (tertiary/aromatic N) is 3. The quantitative estimate of drug-likeness (QED) is 0.686. The summed E-state index contributed by atoms with van der Waals surface area (Å²) in [5.74, 6) is 0.812. The van der Waals surface area contributed by atoms with Gasteiger partial charge in [0.1, 0.15) is 10.8 Å². The summed E-state index contributed by atoms with van der Waals surface area (Å²) in [7, 11) is -2.29. The molecular formula is C17H22N4O3S2. The van der Waals surface area contributed by atoms with E-state index in [0.717, 1.165) is 5.01 Å². The predicted molar refractivity (Wildman–Crippen MR) is 103 cm³/mol. The van der Waals surface area contributed by atoms with Crippen molar-refractivity contribution in [2.75, 3.05) is 11.8 Å². The van der Waals surface area contributed by atoms with Crippen LogP contribution in [0.1, 0.15) is 50.2 Å². The Labute approximate surface area is 157 Å². The van der Waals surface area contributed by atoms with E-state index >= 15 is 0 Å². The Morgan fingerprint density at radius 3 is 2.31 bits per heavy atom. The lowest BCUT2D eigenvalue weighted by Crippen LogP contribution is -2.18. The number of methoxy groups -OCH3 is 1. The number of ether oxygens (including phenoxy) is 1. The van der Waals surface area contributed by atoms with E-state index in [0.29, 0.717) is 22.1 Å². The Morgan fingerprint density at radius 2 is 1.77 bits per heavy atom. The average Bonchev–Trinajstić information content (AvgIpc) is 3.12. The van der Waals surface area contributed by atoms with Crippen LogP contribution in [0.15, 0.2) is 29.3 Å². The third-order valence-corrected chi connectivity index (χ3v) is 6.45. The van der Waals surface area contributed by atoms with Gasteiger partial charge in [-0.1, -0.05) is 39.0 Å². The SMILES string of the molecule is COc1ccc(NS(=O)(=O)c2c(C(C)C)nc3sc(C(C)C)nn23)cc1. The van der Waals surface area contributed by atoms with Crippen LogP contribution in [0.4, 0.5) is 5.69 Å².